The van der Waals surface area contributed by atoms with Crippen molar-refractivity contribution in [3.05, 3.63) is 71.8 Å². The zero-order valence-electron chi connectivity index (χ0n) is 13.3. The summed E-state index contributed by atoms with van der Waals surface area (Å²) in [4.78, 5) is 23.8. The van der Waals surface area contributed by atoms with Crippen molar-refractivity contribution in [1.29, 1.82) is 0 Å². The van der Waals surface area contributed by atoms with Crippen molar-refractivity contribution in [2.45, 2.75) is 20.3 Å². The molecule has 0 aliphatic heterocycles. The van der Waals surface area contributed by atoms with Gasteiger partial charge in [-0.1, -0.05) is 42.0 Å². The van der Waals surface area contributed by atoms with Crippen LogP contribution in [-0.4, -0.2) is 11.8 Å². The zero-order chi connectivity index (χ0) is 16.7. The number of rotatable bonds is 5. The molecule has 0 fully saturated rings. The summed E-state index contributed by atoms with van der Waals surface area (Å²) in [6.45, 7) is 3.72. The predicted octanol–water partition coefficient (Wildman–Crippen LogP) is 3.77. The molecule has 0 bridgehead atoms. The third-order valence-corrected chi connectivity index (χ3v) is 3.04. The van der Waals surface area contributed by atoms with E-state index in [1.54, 1.807) is 24.3 Å². The van der Waals surface area contributed by atoms with Crippen molar-refractivity contribution in [3.8, 4) is 0 Å². The van der Waals surface area contributed by atoms with E-state index in [1.807, 2.05) is 44.2 Å². The first-order valence-corrected chi connectivity index (χ1v) is 7.42. The number of anilines is 2. The summed E-state index contributed by atoms with van der Waals surface area (Å²) >= 11 is 0. The van der Waals surface area contributed by atoms with Crippen LogP contribution in [0.25, 0.3) is 0 Å². The molecule has 4 heteroatoms. The molecule has 0 heterocycles. The van der Waals surface area contributed by atoms with Crippen LogP contribution in [-0.2, 0) is 16.0 Å². The van der Waals surface area contributed by atoms with Gasteiger partial charge in [-0.05, 0) is 37.6 Å². The van der Waals surface area contributed by atoms with E-state index in [0.717, 1.165) is 11.1 Å². The summed E-state index contributed by atoms with van der Waals surface area (Å²) < 4.78 is 0. The van der Waals surface area contributed by atoms with Crippen LogP contribution in [0.3, 0.4) is 0 Å². The van der Waals surface area contributed by atoms with E-state index in [4.69, 9.17) is 0 Å². The first kappa shape index (κ1) is 16.5. The molecule has 0 unspecified atom stereocenters. The van der Waals surface area contributed by atoms with E-state index >= 15 is 0 Å². The minimum Gasteiger partial charge on any atom is -0.326 e. The molecule has 0 aromatic heterocycles. The fourth-order valence-corrected chi connectivity index (χ4v) is 2.10. The molecule has 4 nitrogen and oxygen atoms in total. The lowest BCUT2D eigenvalue weighted by molar-refractivity contribution is -0.115. The molecule has 0 saturated heterocycles. The van der Waals surface area contributed by atoms with Gasteiger partial charge < -0.3 is 10.6 Å². The highest BCUT2D eigenvalue weighted by Gasteiger charge is 2.05. The minimum atomic E-state index is -0.183. The zero-order valence-corrected chi connectivity index (χ0v) is 13.3. The van der Waals surface area contributed by atoms with Gasteiger partial charge in [-0.2, -0.15) is 0 Å². The van der Waals surface area contributed by atoms with Crippen molar-refractivity contribution in [1.82, 2.24) is 0 Å². The predicted molar refractivity (Wildman–Crippen MR) is 93.3 cm³/mol. The molecule has 2 aromatic carbocycles. The number of benzene rings is 2. The molecule has 2 aromatic rings. The van der Waals surface area contributed by atoms with E-state index in [0.29, 0.717) is 17.8 Å². The first-order valence-electron chi connectivity index (χ1n) is 7.42. The third-order valence-electron chi connectivity index (χ3n) is 3.04. The second-order valence-electron chi connectivity index (χ2n) is 5.50. The molecule has 0 atom stereocenters. The van der Waals surface area contributed by atoms with Crippen LogP contribution in [0.4, 0.5) is 11.4 Å². The van der Waals surface area contributed by atoms with Gasteiger partial charge in [-0.3, -0.25) is 9.59 Å². The Balaban J connectivity index is 1.98. The van der Waals surface area contributed by atoms with Gasteiger partial charge >= 0.3 is 0 Å². The standard InChI is InChI=1S/C19H20N2O2/c1-14(2)11-18(22)20-16-9-6-10-17(13-16)21-19(23)12-15-7-4-3-5-8-15/h3-11,13H,12H2,1-2H3,(H,20,22)(H,21,23). The van der Waals surface area contributed by atoms with Gasteiger partial charge in [0.05, 0.1) is 6.42 Å². The Kier molecular flexibility index (Phi) is 5.69. The van der Waals surface area contributed by atoms with Gasteiger partial charge in [0.1, 0.15) is 0 Å². The summed E-state index contributed by atoms with van der Waals surface area (Å²) in [7, 11) is 0. The summed E-state index contributed by atoms with van der Waals surface area (Å²) in [5.74, 6) is -0.276. The Morgan fingerprint density at radius 1 is 0.913 bits per heavy atom. The normalized spacial score (nSPS) is 9.83. The number of hydrogen-bond donors (Lipinski definition) is 2. The fraction of sp³-hybridized carbons (Fsp3) is 0.158. The largest absolute Gasteiger partial charge is 0.326 e. The maximum Gasteiger partial charge on any atom is 0.248 e. The smallest absolute Gasteiger partial charge is 0.248 e. The molecule has 23 heavy (non-hydrogen) atoms. The first-order chi connectivity index (χ1) is 11.0. The monoisotopic (exact) mass is 308 g/mol. The van der Waals surface area contributed by atoms with E-state index in [9.17, 15) is 9.59 Å². The maximum absolute atomic E-state index is 12.1. The molecule has 0 saturated carbocycles. The second-order valence-corrected chi connectivity index (χ2v) is 5.50. The molecule has 0 spiro atoms. The Bertz CT molecular complexity index is 717. The van der Waals surface area contributed by atoms with E-state index in [2.05, 4.69) is 10.6 Å². The van der Waals surface area contributed by atoms with Crippen molar-refractivity contribution in [2.75, 3.05) is 10.6 Å². The fourth-order valence-electron chi connectivity index (χ4n) is 2.10. The van der Waals surface area contributed by atoms with Crippen LogP contribution in [0.15, 0.2) is 66.2 Å². The van der Waals surface area contributed by atoms with Gasteiger partial charge in [-0.15, -0.1) is 0 Å². The molecule has 2 rings (SSSR count). The molecular weight excluding hydrogens is 288 g/mol. The van der Waals surface area contributed by atoms with Gasteiger partial charge in [0.2, 0.25) is 11.8 Å². The van der Waals surface area contributed by atoms with Crippen LogP contribution in [0.2, 0.25) is 0 Å². The number of amides is 2. The second kappa shape index (κ2) is 7.94. The lowest BCUT2D eigenvalue weighted by Crippen LogP contribution is -2.15. The molecule has 2 amide bonds. The van der Waals surface area contributed by atoms with Crippen LogP contribution < -0.4 is 10.6 Å². The lowest BCUT2D eigenvalue weighted by Gasteiger charge is -2.08. The lowest BCUT2D eigenvalue weighted by atomic mass is 10.1. The Morgan fingerprint density at radius 3 is 2.22 bits per heavy atom. The minimum absolute atomic E-state index is 0.0935. The number of nitrogens with one attached hydrogen (secondary N) is 2. The topological polar surface area (TPSA) is 58.2 Å². The van der Waals surface area contributed by atoms with Crippen LogP contribution in [0.1, 0.15) is 19.4 Å². The van der Waals surface area contributed by atoms with Crippen molar-refractivity contribution < 1.29 is 9.59 Å². The van der Waals surface area contributed by atoms with Gasteiger partial charge in [0, 0.05) is 17.5 Å². The summed E-state index contributed by atoms with van der Waals surface area (Å²) in [5.41, 5.74) is 3.18. The number of carbonyl (C=O) groups is 2. The summed E-state index contributed by atoms with van der Waals surface area (Å²) in [6, 6.07) is 16.6. The number of hydrogen-bond acceptors (Lipinski definition) is 2. The highest BCUT2D eigenvalue weighted by atomic mass is 16.2. The van der Waals surface area contributed by atoms with E-state index < -0.39 is 0 Å². The average Bonchev–Trinajstić information content (AvgIpc) is 2.47. The quantitative estimate of drug-likeness (QED) is 0.826. The molecule has 0 radical (unpaired) electrons. The van der Waals surface area contributed by atoms with Crippen LogP contribution in [0, 0.1) is 0 Å². The van der Waals surface area contributed by atoms with Crippen molar-refractivity contribution >= 4 is 23.2 Å². The molecule has 2 N–H and O–H groups in total. The highest BCUT2D eigenvalue weighted by Crippen LogP contribution is 2.15. The number of allylic oxidation sites excluding steroid dienone is 1. The Labute approximate surface area is 136 Å². The van der Waals surface area contributed by atoms with Crippen molar-refractivity contribution in [3.63, 3.8) is 0 Å². The van der Waals surface area contributed by atoms with Crippen molar-refractivity contribution in [2.24, 2.45) is 0 Å². The van der Waals surface area contributed by atoms with Crippen LogP contribution in [0.5, 0.6) is 0 Å². The molecular formula is C19H20N2O2. The molecule has 0 aliphatic carbocycles. The Hall–Kier alpha value is -2.88. The molecule has 0 aliphatic rings. The molecule has 118 valence electrons. The van der Waals surface area contributed by atoms with Gasteiger partial charge in [0.15, 0.2) is 0 Å². The highest BCUT2D eigenvalue weighted by molar-refractivity contribution is 6.00. The van der Waals surface area contributed by atoms with E-state index in [1.165, 1.54) is 6.08 Å². The maximum atomic E-state index is 12.1. The summed E-state index contributed by atoms with van der Waals surface area (Å²) in [6.07, 6.45) is 1.84. The van der Waals surface area contributed by atoms with Gasteiger partial charge in [0.25, 0.3) is 0 Å². The van der Waals surface area contributed by atoms with Gasteiger partial charge in [-0.25, -0.2) is 0 Å². The average molecular weight is 308 g/mol. The third kappa shape index (κ3) is 5.79. The summed E-state index contributed by atoms with van der Waals surface area (Å²) in [5, 5.41) is 5.61. The SMILES string of the molecule is CC(C)=CC(=O)Nc1cccc(NC(=O)Cc2ccccc2)c1. The number of carbonyl (C=O) groups excluding carboxylic acids is 2. The Morgan fingerprint density at radius 2 is 1.57 bits per heavy atom. The van der Waals surface area contributed by atoms with E-state index in [-0.39, 0.29) is 11.8 Å². The van der Waals surface area contributed by atoms with Crippen LogP contribution >= 0.6 is 0 Å².